The average molecular weight is 773 g/mol. The molecule has 5 atom stereocenters. The number of carbonyl (C=O) groups is 3. The van der Waals surface area contributed by atoms with Gasteiger partial charge in [-0.05, 0) is 94.5 Å². The molecule has 296 valence electrons. The Labute approximate surface area is 324 Å². The summed E-state index contributed by atoms with van der Waals surface area (Å²) in [5, 5.41) is 6.52. The monoisotopic (exact) mass is 772 g/mol. The Morgan fingerprint density at radius 1 is 1.05 bits per heavy atom. The second-order valence-electron chi connectivity index (χ2n) is 17.6. The highest BCUT2D eigenvalue weighted by Gasteiger charge is 2.63. The highest BCUT2D eigenvalue weighted by atomic mass is 32.2. The standard InChI is InChI=1S/C42H56N6O6S/c1-27(2)48-34-20-13-12-18-32(34)44-39(48)54-31-24-35-36(49)45-42(38(51)46-55(52,53)41(6)21-22-41)25-29(42)15-10-8-7-9-11-19-33(37(50)47(35)26-31)43-30-17-14-16-28(23-30)40(3,4)5/h10,12-18,20,23,27,29,31,33,35,43H,7-9,11,19,21-22,24-26H2,1-6H3,(H,45,49)(H,46,51)/b15-10-/t29-,31+,33-,35-,42+/m0/s1. The van der Waals surface area contributed by atoms with Gasteiger partial charge in [0.2, 0.25) is 21.8 Å². The molecule has 0 radical (unpaired) electrons. The zero-order valence-corrected chi connectivity index (χ0v) is 33.7. The summed E-state index contributed by atoms with van der Waals surface area (Å²) in [6.45, 7) is 12.3. The number of anilines is 1. The molecular weight excluding hydrogens is 717 g/mol. The predicted octanol–water partition coefficient (Wildman–Crippen LogP) is 6.14. The quantitative estimate of drug-likeness (QED) is 0.231. The topological polar surface area (TPSA) is 152 Å². The molecule has 3 amide bonds. The molecule has 1 saturated heterocycles. The van der Waals surface area contributed by atoms with E-state index >= 15 is 0 Å². The maximum atomic E-state index is 14.9. The molecule has 12 nitrogen and oxygen atoms in total. The van der Waals surface area contributed by atoms with Crippen molar-refractivity contribution in [2.24, 2.45) is 5.92 Å². The molecule has 55 heavy (non-hydrogen) atoms. The van der Waals surface area contributed by atoms with Crippen LogP contribution in [0.5, 0.6) is 6.01 Å². The van der Waals surface area contributed by atoms with E-state index < -0.39 is 50.3 Å². The predicted molar refractivity (Wildman–Crippen MR) is 213 cm³/mol. The number of hydrogen-bond acceptors (Lipinski definition) is 8. The molecule has 3 aromatic rings. The van der Waals surface area contributed by atoms with Gasteiger partial charge >= 0.3 is 0 Å². The number of aromatic nitrogens is 2. The van der Waals surface area contributed by atoms with Crippen LogP contribution < -0.4 is 20.1 Å². The van der Waals surface area contributed by atoms with Crippen LogP contribution in [-0.2, 0) is 29.8 Å². The van der Waals surface area contributed by atoms with E-state index in [2.05, 4.69) is 62.1 Å². The number of carbonyl (C=O) groups excluding carboxylic acids is 3. The zero-order valence-electron chi connectivity index (χ0n) is 32.9. The highest BCUT2D eigenvalue weighted by Crippen LogP contribution is 2.47. The fourth-order valence-corrected chi connectivity index (χ4v) is 9.29. The van der Waals surface area contributed by atoms with Crippen molar-refractivity contribution < 1.29 is 27.5 Å². The van der Waals surface area contributed by atoms with Crippen LogP contribution in [0.2, 0.25) is 0 Å². The summed E-state index contributed by atoms with van der Waals surface area (Å²) in [6, 6.07) is 14.7. The molecule has 4 aliphatic rings. The van der Waals surface area contributed by atoms with E-state index in [1.807, 2.05) is 53.1 Å². The van der Waals surface area contributed by atoms with E-state index in [1.54, 1.807) is 11.8 Å². The van der Waals surface area contributed by atoms with E-state index in [4.69, 9.17) is 9.72 Å². The third-order valence-electron chi connectivity index (χ3n) is 11.9. The van der Waals surface area contributed by atoms with Gasteiger partial charge in [-0.2, -0.15) is 4.98 Å². The summed E-state index contributed by atoms with van der Waals surface area (Å²) < 4.78 is 36.4. The molecule has 13 heteroatoms. The van der Waals surface area contributed by atoms with Crippen molar-refractivity contribution >= 4 is 44.5 Å². The van der Waals surface area contributed by atoms with E-state index in [0.29, 0.717) is 25.3 Å². The van der Waals surface area contributed by atoms with Gasteiger partial charge in [-0.15, -0.1) is 0 Å². The number of para-hydroxylation sites is 2. The first kappa shape index (κ1) is 38.9. The van der Waals surface area contributed by atoms with Gasteiger partial charge in [0.25, 0.3) is 11.9 Å². The molecule has 1 aromatic heterocycles. The SMILES string of the molecule is CC(C)n1c(O[C@@H]2C[C@H]3C(=O)N[C@]4(C(=O)NS(=O)(=O)C5(C)CC5)C[C@@H]4/C=C\CCCCC[C@H](Nc4cccc(C(C)(C)C)c4)C(=O)N3C2)nc2ccccc21. The number of rotatable bonds is 8. The lowest BCUT2D eigenvalue weighted by molar-refractivity contribution is -0.140. The number of allylic oxidation sites excluding steroid dienone is 1. The van der Waals surface area contributed by atoms with Crippen LogP contribution in [0, 0.1) is 5.92 Å². The second kappa shape index (κ2) is 14.6. The Kier molecular flexibility index (Phi) is 10.3. The van der Waals surface area contributed by atoms with Gasteiger partial charge in [0, 0.05) is 24.1 Å². The maximum absolute atomic E-state index is 14.9. The molecule has 7 rings (SSSR count). The molecule has 2 aliphatic heterocycles. The van der Waals surface area contributed by atoms with Crippen molar-refractivity contribution in [2.75, 3.05) is 11.9 Å². The number of fused-ring (bicyclic) bond motifs is 3. The molecule has 2 aromatic carbocycles. The average Bonchev–Trinajstić information content (AvgIpc) is 3.95. The summed E-state index contributed by atoms with van der Waals surface area (Å²) in [7, 11) is -3.95. The van der Waals surface area contributed by atoms with Gasteiger partial charge in [0.15, 0.2) is 0 Å². The normalized spacial score (nSPS) is 27.7. The molecule has 0 unspecified atom stereocenters. The molecule has 0 spiro atoms. The number of amides is 3. The first-order chi connectivity index (χ1) is 26.0. The summed E-state index contributed by atoms with van der Waals surface area (Å²) in [5.41, 5.74) is 2.12. The summed E-state index contributed by atoms with van der Waals surface area (Å²) in [5.74, 6) is -1.86. The third-order valence-corrected chi connectivity index (χ3v) is 14.1. The number of nitrogens with one attached hydrogen (secondary N) is 3. The van der Waals surface area contributed by atoms with Crippen LogP contribution in [0.3, 0.4) is 0 Å². The van der Waals surface area contributed by atoms with E-state index in [1.165, 1.54) is 0 Å². The number of ether oxygens (including phenoxy) is 1. The minimum absolute atomic E-state index is 0.0315. The van der Waals surface area contributed by atoms with Crippen molar-refractivity contribution in [3.63, 3.8) is 0 Å². The molecular formula is C42H56N6O6S. The smallest absolute Gasteiger partial charge is 0.297 e. The van der Waals surface area contributed by atoms with Gasteiger partial charge in [-0.3, -0.25) is 23.7 Å². The lowest BCUT2D eigenvalue weighted by Gasteiger charge is -2.30. The van der Waals surface area contributed by atoms with Gasteiger partial charge < -0.3 is 20.3 Å². The fourth-order valence-electron chi connectivity index (χ4n) is 7.98. The minimum Gasteiger partial charge on any atom is -0.459 e. The Bertz CT molecular complexity index is 2100. The third kappa shape index (κ3) is 7.86. The van der Waals surface area contributed by atoms with Gasteiger partial charge in [-0.1, -0.05) is 70.0 Å². The molecule has 3 heterocycles. The minimum atomic E-state index is -3.95. The summed E-state index contributed by atoms with van der Waals surface area (Å²) in [4.78, 5) is 49.7. The van der Waals surface area contributed by atoms with Crippen molar-refractivity contribution in [1.82, 2.24) is 24.5 Å². The van der Waals surface area contributed by atoms with Crippen molar-refractivity contribution in [3.05, 3.63) is 66.2 Å². The summed E-state index contributed by atoms with van der Waals surface area (Å²) >= 11 is 0. The number of sulfonamides is 1. The van der Waals surface area contributed by atoms with Crippen LogP contribution in [0.1, 0.15) is 111 Å². The Morgan fingerprint density at radius 3 is 2.55 bits per heavy atom. The van der Waals surface area contributed by atoms with Crippen molar-refractivity contribution in [1.29, 1.82) is 0 Å². The molecule has 3 N–H and O–H groups in total. The van der Waals surface area contributed by atoms with E-state index in [9.17, 15) is 22.8 Å². The summed E-state index contributed by atoms with van der Waals surface area (Å²) in [6.07, 6.45) is 8.66. The van der Waals surface area contributed by atoms with Crippen molar-refractivity contribution in [2.45, 2.75) is 139 Å². The second-order valence-corrected chi connectivity index (χ2v) is 19.8. The number of imidazole rings is 1. The lowest BCUT2D eigenvalue weighted by atomic mass is 9.87. The zero-order chi connectivity index (χ0) is 39.3. The van der Waals surface area contributed by atoms with Gasteiger partial charge in [-0.25, -0.2) is 8.42 Å². The lowest BCUT2D eigenvalue weighted by Crippen LogP contribution is -2.58. The Morgan fingerprint density at radius 2 is 1.82 bits per heavy atom. The maximum Gasteiger partial charge on any atom is 0.297 e. The van der Waals surface area contributed by atoms with Crippen LogP contribution in [0.25, 0.3) is 11.0 Å². The van der Waals surface area contributed by atoms with Gasteiger partial charge in [0.1, 0.15) is 23.7 Å². The highest BCUT2D eigenvalue weighted by molar-refractivity contribution is 7.91. The first-order valence-electron chi connectivity index (χ1n) is 19.9. The van der Waals surface area contributed by atoms with Crippen LogP contribution >= 0.6 is 0 Å². The van der Waals surface area contributed by atoms with Crippen LogP contribution in [0.4, 0.5) is 5.69 Å². The largest absolute Gasteiger partial charge is 0.459 e. The Hall–Kier alpha value is -4.39. The fraction of sp³-hybridized carbons (Fsp3) is 0.571. The Balaban J connectivity index is 1.22. The van der Waals surface area contributed by atoms with Crippen LogP contribution in [-0.4, -0.2) is 75.6 Å². The first-order valence-corrected chi connectivity index (χ1v) is 21.4. The van der Waals surface area contributed by atoms with E-state index in [0.717, 1.165) is 48.0 Å². The molecule has 3 fully saturated rings. The molecule has 2 aliphatic carbocycles. The number of nitrogens with zero attached hydrogens (tertiary/aromatic N) is 3. The van der Waals surface area contributed by atoms with Crippen molar-refractivity contribution in [3.8, 4) is 6.01 Å². The number of hydrogen-bond donors (Lipinski definition) is 3. The molecule has 2 saturated carbocycles. The van der Waals surface area contributed by atoms with Crippen LogP contribution in [0.15, 0.2) is 60.7 Å². The van der Waals surface area contributed by atoms with E-state index in [-0.39, 0.29) is 42.7 Å². The molecule has 0 bridgehead atoms. The van der Waals surface area contributed by atoms with Gasteiger partial charge in [0.05, 0.1) is 22.3 Å². The number of benzene rings is 2.